The molecule has 3 aromatic rings. The van der Waals surface area contributed by atoms with Gasteiger partial charge < -0.3 is 9.47 Å². The summed E-state index contributed by atoms with van der Waals surface area (Å²) in [5.74, 6) is 0.797. The number of hydrogen-bond acceptors (Lipinski definition) is 3. The number of carbonyl (C=O) groups excluding carboxylic acids is 1. The van der Waals surface area contributed by atoms with Crippen LogP contribution in [-0.2, 0) is 18.0 Å². The first-order valence-corrected chi connectivity index (χ1v) is 8.70. The second-order valence-electron chi connectivity index (χ2n) is 5.88. The van der Waals surface area contributed by atoms with E-state index in [1.165, 1.54) is 0 Å². The molecule has 0 heterocycles. The Balaban J connectivity index is 1.41. The van der Waals surface area contributed by atoms with E-state index in [9.17, 15) is 4.79 Å². The monoisotopic (exact) mass is 359 g/mol. The lowest BCUT2D eigenvalue weighted by molar-refractivity contribution is 0.143. The van der Waals surface area contributed by atoms with Gasteiger partial charge in [-0.3, -0.25) is 5.32 Å². The highest BCUT2D eigenvalue weighted by atomic mass is 16.5. The first kappa shape index (κ1) is 18.3. The summed E-state index contributed by atoms with van der Waals surface area (Å²) in [6.45, 7) is 0.777. The minimum absolute atomic E-state index is 0.244. The second kappa shape index (κ2) is 9.82. The van der Waals surface area contributed by atoms with Crippen molar-refractivity contribution in [2.75, 3.05) is 0 Å². The molecular weight excluding hydrogens is 338 g/mol. The SMILES string of the molecule is O=C(N/C=C/c1ccc(OCc2ccccc2)cc1)OCc1ccccc1. The molecule has 4 nitrogen and oxygen atoms in total. The maximum absolute atomic E-state index is 11.7. The summed E-state index contributed by atoms with van der Waals surface area (Å²) < 4.78 is 10.9. The summed E-state index contributed by atoms with van der Waals surface area (Å²) in [5, 5.41) is 2.59. The summed E-state index contributed by atoms with van der Waals surface area (Å²) in [7, 11) is 0. The number of amides is 1. The largest absolute Gasteiger partial charge is 0.489 e. The van der Waals surface area contributed by atoms with Gasteiger partial charge in [0.2, 0.25) is 0 Å². The Morgan fingerprint density at radius 1 is 0.778 bits per heavy atom. The van der Waals surface area contributed by atoms with Crippen LogP contribution in [0.2, 0.25) is 0 Å². The molecule has 0 saturated carbocycles. The molecule has 3 rings (SSSR count). The molecule has 0 saturated heterocycles. The zero-order valence-corrected chi connectivity index (χ0v) is 14.9. The van der Waals surface area contributed by atoms with Crippen molar-refractivity contribution in [1.82, 2.24) is 5.32 Å². The summed E-state index contributed by atoms with van der Waals surface area (Å²) in [5.41, 5.74) is 3.02. The number of nitrogens with one attached hydrogen (secondary N) is 1. The van der Waals surface area contributed by atoms with Gasteiger partial charge in [-0.05, 0) is 34.9 Å². The highest BCUT2D eigenvalue weighted by molar-refractivity contribution is 5.69. The number of alkyl carbamates (subject to hydrolysis) is 1. The fourth-order valence-corrected chi connectivity index (χ4v) is 2.39. The zero-order valence-electron chi connectivity index (χ0n) is 14.9. The van der Waals surface area contributed by atoms with Crippen molar-refractivity contribution < 1.29 is 14.3 Å². The van der Waals surface area contributed by atoms with E-state index in [4.69, 9.17) is 9.47 Å². The molecular formula is C23H21NO3. The topological polar surface area (TPSA) is 47.6 Å². The van der Waals surface area contributed by atoms with E-state index in [-0.39, 0.29) is 6.61 Å². The van der Waals surface area contributed by atoms with Crippen LogP contribution >= 0.6 is 0 Å². The smallest absolute Gasteiger partial charge is 0.411 e. The van der Waals surface area contributed by atoms with Gasteiger partial charge >= 0.3 is 6.09 Å². The molecule has 0 atom stereocenters. The molecule has 0 aromatic heterocycles. The lowest BCUT2D eigenvalue weighted by atomic mass is 10.2. The van der Waals surface area contributed by atoms with Crippen molar-refractivity contribution in [3.8, 4) is 5.75 Å². The van der Waals surface area contributed by atoms with Gasteiger partial charge in [0.05, 0.1) is 0 Å². The van der Waals surface area contributed by atoms with Gasteiger partial charge in [0.15, 0.2) is 0 Å². The number of ether oxygens (including phenoxy) is 2. The predicted octanol–water partition coefficient (Wildman–Crippen LogP) is 5.16. The normalized spacial score (nSPS) is 10.5. The van der Waals surface area contributed by atoms with Crippen LogP contribution in [0, 0.1) is 0 Å². The van der Waals surface area contributed by atoms with Crippen molar-refractivity contribution >= 4 is 12.2 Å². The molecule has 0 unspecified atom stereocenters. The van der Waals surface area contributed by atoms with Crippen molar-refractivity contribution in [2.45, 2.75) is 13.2 Å². The van der Waals surface area contributed by atoms with Crippen LogP contribution in [0.25, 0.3) is 6.08 Å². The minimum Gasteiger partial charge on any atom is -0.489 e. The highest BCUT2D eigenvalue weighted by Gasteiger charge is 2.00. The van der Waals surface area contributed by atoms with E-state index in [0.29, 0.717) is 6.61 Å². The second-order valence-corrected chi connectivity index (χ2v) is 5.88. The molecule has 27 heavy (non-hydrogen) atoms. The molecule has 0 bridgehead atoms. The molecule has 136 valence electrons. The van der Waals surface area contributed by atoms with Gasteiger partial charge in [-0.1, -0.05) is 72.8 Å². The molecule has 3 aromatic carbocycles. The van der Waals surface area contributed by atoms with Crippen molar-refractivity contribution in [1.29, 1.82) is 0 Å². The van der Waals surface area contributed by atoms with Crippen LogP contribution < -0.4 is 10.1 Å². The third kappa shape index (κ3) is 6.36. The van der Waals surface area contributed by atoms with Gasteiger partial charge in [0, 0.05) is 6.20 Å². The van der Waals surface area contributed by atoms with Crippen LogP contribution in [0.5, 0.6) is 5.75 Å². The van der Waals surface area contributed by atoms with Crippen LogP contribution in [0.4, 0.5) is 4.79 Å². The lowest BCUT2D eigenvalue weighted by Crippen LogP contribution is -2.18. The Labute approximate surface area is 159 Å². The third-order valence-electron chi connectivity index (χ3n) is 3.82. The Hall–Kier alpha value is -3.53. The fraction of sp³-hybridized carbons (Fsp3) is 0.0870. The van der Waals surface area contributed by atoms with Crippen LogP contribution in [0.3, 0.4) is 0 Å². The number of carbonyl (C=O) groups is 1. The molecule has 0 fully saturated rings. The molecule has 0 aliphatic heterocycles. The predicted molar refractivity (Wildman–Crippen MR) is 106 cm³/mol. The minimum atomic E-state index is -0.488. The summed E-state index contributed by atoms with van der Waals surface area (Å²) >= 11 is 0. The van der Waals surface area contributed by atoms with Crippen molar-refractivity contribution in [2.24, 2.45) is 0 Å². The Morgan fingerprint density at radius 2 is 1.37 bits per heavy atom. The standard InChI is InChI=1S/C23H21NO3/c25-23(27-18-21-9-5-2-6-10-21)24-16-15-19-11-13-22(14-12-19)26-17-20-7-3-1-4-8-20/h1-16H,17-18H2,(H,24,25)/b16-15+. The first-order valence-electron chi connectivity index (χ1n) is 8.70. The van der Waals surface area contributed by atoms with E-state index < -0.39 is 6.09 Å². The van der Waals surface area contributed by atoms with Crippen LogP contribution in [-0.4, -0.2) is 6.09 Å². The third-order valence-corrected chi connectivity index (χ3v) is 3.82. The van der Waals surface area contributed by atoms with Gasteiger partial charge in [-0.2, -0.15) is 0 Å². The number of hydrogen-bond donors (Lipinski definition) is 1. The quantitative estimate of drug-likeness (QED) is 0.634. The van der Waals surface area contributed by atoms with Crippen LogP contribution in [0.15, 0.2) is 91.1 Å². The van der Waals surface area contributed by atoms with Crippen molar-refractivity contribution in [3.63, 3.8) is 0 Å². The van der Waals surface area contributed by atoms with Crippen molar-refractivity contribution in [3.05, 3.63) is 108 Å². The molecule has 0 aliphatic rings. The van der Waals surface area contributed by atoms with Gasteiger partial charge in [0.1, 0.15) is 19.0 Å². The average molecular weight is 359 g/mol. The van der Waals surface area contributed by atoms with Gasteiger partial charge in [-0.15, -0.1) is 0 Å². The van der Waals surface area contributed by atoms with E-state index in [0.717, 1.165) is 22.4 Å². The lowest BCUT2D eigenvalue weighted by Gasteiger charge is -2.06. The molecule has 0 spiro atoms. The summed E-state index contributed by atoms with van der Waals surface area (Å²) in [4.78, 5) is 11.7. The highest BCUT2D eigenvalue weighted by Crippen LogP contribution is 2.15. The number of rotatable bonds is 7. The van der Waals surface area contributed by atoms with Gasteiger partial charge in [0.25, 0.3) is 0 Å². The van der Waals surface area contributed by atoms with E-state index in [2.05, 4.69) is 5.32 Å². The maximum Gasteiger partial charge on any atom is 0.411 e. The Kier molecular flexibility index (Phi) is 6.65. The Bertz CT molecular complexity index is 859. The maximum atomic E-state index is 11.7. The number of benzene rings is 3. The molecule has 1 N–H and O–H groups in total. The van der Waals surface area contributed by atoms with E-state index >= 15 is 0 Å². The van der Waals surface area contributed by atoms with E-state index in [1.54, 1.807) is 12.3 Å². The molecule has 0 aliphatic carbocycles. The molecule has 1 amide bonds. The van der Waals surface area contributed by atoms with E-state index in [1.807, 2.05) is 84.9 Å². The average Bonchev–Trinajstić information content (AvgIpc) is 2.73. The van der Waals surface area contributed by atoms with Gasteiger partial charge in [-0.25, -0.2) is 4.79 Å². The molecule has 0 radical (unpaired) electrons. The zero-order chi connectivity index (χ0) is 18.7. The molecule has 4 heteroatoms. The fourth-order valence-electron chi connectivity index (χ4n) is 2.39. The first-order chi connectivity index (χ1) is 13.3. The summed E-state index contributed by atoms with van der Waals surface area (Å²) in [6, 6.07) is 27.2. The Morgan fingerprint density at radius 3 is 2.00 bits per heavy atom. The summed E-state index contributed by atoms with van der Waals surface area (Å²) in [6.07, 6.45) is 2.87. The van der Waals surface area contributed by atoms with Crippen LogP contribution in [0.1, 0.15) is 16.7 Å².